The fourth-order valence-corrected chi connectivity index (χ4v) is 1.37. The highest BCUT2D eigenvalue weighted by atomic mass is 14.6. The second kappa shape index (κ2) is 5.03. The lowest BCUT2D eigenvalue weighted by atomic mass is 10.0. The smallest absolute Gasteiger partial charge is 0.0266 e. The van der Waals surface area contributed by atoms with Crippen molar-refractivity contribution in [2.75, 3.05) is 0 Å². The molecular formula is C12H19N. The molecule has 0 aliphatic heterocycles. The Hall–Kier alpha value is -0.820. The Morgan fingerprint density at radius 3 is 2.31 bits per heavy atom. The van der Waals surface area contributed by atoms with Crippen LogP contribution >= 0.6 is 0 Å². The average Bonchev–Trinajstić information content (AvgIpc) is 2.15. The van der Waals surface area contributed by atoms with E-state index < -0.39 is 0 Å². The zero-order valence-electron chi connectivity index (χ0n) is 8.59. The molecule has 0 saturated carbocycles. The summed E-state index contributed by atoms with van der Waals surface area (Å²) in [6.07, 6.45) is 3.72. The average molecular weight is 177 g/mol. The Balaban J connectivity index is 2.59. The topological polar surface area (TPSA) is 26.0 Å². The van der Waals surface area contributed by atoms with E-state index in [1.807, 2.05) is 6.92 Å². The highest BCUT2D eigenvalue weighted by Crippen LogP contribution is 2.12. The fourth-order valence-electron chi connectivity index (χ4n) is 1.37. The van der Waals surface area contributed by atoms with E-state index in [-0.39, 0.29) is 6.04 Å². The minimum absolute atomic E-state index is 0.153. The van der Waals surface area contributed by atoms with Crippen LogP contribution in [0.15, 0.2) is 24.3 Å². The first-order valence-electron chi connectivity index (χ1n) is 5.08. The number of nitrogens with two attached hydrogens (primary N) is 1. The lowest BCUT2D eigenvalue weighted by Gasteiger charge is -2.06. The molecule has 0 aromatic heterocycles. The molecule has 72 valence electrons. The number of hydrogen-bond acceptors (Lipinski definition) is 1. The molecule has 13 heavy (non-hydrogen) atoms. The highest BCUT2D eigenvalue weighted by molar-refractivity contribution is 5.24. The quantitative estimate of drug-likeness (QED) is 0.751. The van der Waals surface area contributed by atoms with Gasteiger partial charge in [0.25, 0.3) is 0 Å². The molecule has 2 N–H and O–H groups in total. The third kappa shape index (κ3) is 3.19. The first kappa shape index (κ1) is 10.3. The Labute approximate surface area is 81.0 Å². The van der Waals surface area contributed by atoms with E-state index in [0.717, 1.165) is 0 Å². The first-order valence-corrected chi connectivity index (χ1v) is 5.08. The summed E-state index contributed by atoms with van der Waals surface area (Å²) in [5.74, 6) is 0. The SMILES string of the molecule is CCCCc1ccc([C@H](C)N)cc1. The summed E-state index contributed by atoms with van der Waals surface area (Å²) in [6, 6.07) is 8.80. The van der Waals surface area contributed by atoms with Gasteiger partial charge in [0, 0.05) is 6.04 Å². The standard InChI is InChI=1S/C12H19N/c1-3-4-5-11-6-8-12(9-7-11)10(2)13/h6-10H,3-5,13H2,1-2H3/t10-/m0/s1. The summed E-state index contributed by atoms with van der Waals surface area (Å²) >= 11 is 0. The van der Waals surface area contributed by atoms with Crippen LogP contribution in [0, 0.1) is 0 Å². The van der Waals surface area contributed by atoms with E-state index in [9.17, 15) is 0 Å². The van der Waals surface area contributed by atoms with Crippen LogP contribution in [0.5, 0.6) is 0 Å². The van der Waals surface area contributed by atoms with Crippen LogP contribution in [0.2, 0.25) is 0 Å². The number of unbranched alkanes of at least 4 members (excludes halogenated alkanes) is 1. The summed E-state index contributed by atoms with van der Waals surface area (Å²) in [6.45, 7) is 4.23. The van der Waals surface area contributed by atoms with Gasteiger partial charge in [-0.15, -0.1) is 0 Å². The van der Waals surface area contributed by atoms with Crippen molar-refractivity contribution >= 4 is 0 Å². The van der Waals surface area contributed by atoms with Gasteiger partial charge in [-0.3, -0.25) is 0 Å². The Morgan fingerprint density at radius 1 is 1.23 bits per heavy atom. The first-order chi connectivity index (χ1) is 6.24. The molecule has 0 fully saturated rings. The molecule has 0 saturated heterocycles. The fraction of sp³-hybridized carbons (Fsp3) is 0.500. The van der Waals surface area contributed by atoms with Gasteiger partial charge in [0.1, 0.15) is 0 Å². The lowest BCUT2D eigenvalue weighted by molar-refractivity contribution is 0.789. The molecule has 0 aliphatic rings. The lowest BCUT2D eigenvalue weighted by Crippen LogP contribution is -2.04. The minimum Gasteiger partial charge on any atom is -0.324 e. The zero-order valence-corrected chi connectivity index (χ0v) is 8.59. The Morgan fingerprint density at radius 2 is 1.85 bits per heavy atom. The zero-order chi connectivity index (χ0) is 9.68. The van der Waals surface area contributed by atoms with Crippen LogP contribution in [-0.4, -0.2) is 0 Å². The van der Waals surface area contributed by atoms with Gasteiger partial charge in [-0.05, 0) is 30.9 Å². The van der Waals surface area contributed by atoms with Crippen LogP contribution in [0.4, 0.5) is 0 Å². The van der Waals surface area contributed by atoms with Crippen LogP contribution in [0.25, 0.3) is 0 Å². The van der Waals surface area contributed by atoms with Crippen molar-refractivity contribution in [1.82, 2.24) is 0 Å². The van der Waals surface area contributed by atoms with Gasteiger partial charge in [-0.2, -0.15) is 0 Å². The Bertz CT molecular complexity index is 236. The molecule has 0 bridgehead atoms. The summed E-state index contributed by atoms with van der Waals surface area (Å²) in [4.78, 5) is 0. The third-order valence-electron chi connectivity index (χ3n) is 2.32. The van der Waals surface area contributed by atoms with Crippen molar-refractivity contribution in [3.05, 3.63) is 35.4 Å². The predicted molar refractivity (Wildman–Crippen MR) is 57.7 cm³/mol. The minimum atomic E-state index is 0.153. The number of aryl methyl sites for hydroxylation is 1. The molecule has 0 unspecified atom stereocenters. The van der Waals surface area contributed by atoms with Gasteiger partial charge in [0.05, 0.1) is 0 Å². The van der Waals surface area contributed by atoms with E-state index in [1.54, 1.807) is 0 Å². The molecule has 1 atom stereocenters. The van der Waals surface area contributed by atoms with Crippen LogP contribution in [0.3, 0.4) is 0 Å². The molecule has 1 nitrogen and oxygen atoms in total. The van der Waals surface area contributed by atoms with Crippen molar-refractivity contribution in [3.8, 4) is 0 Å². The van der Waals surface area contributed by atoms with Crippen LogP contribution in [0.1, 0.15) is 43.9 Å². The largest absolute Gasteiger partial charge is 0.324 e. The van der Waals surface area contributed by atoms with Crippen molar-refractivity contribution in [2.24, 2.45) is 5.73 Å². The molecule has 0 amide bonds. The van der Waals surface area contributed by atoms with E-state index in [1.165, 1.54) is 30.4 Å². The summed E-state index contributed by atoms with van der Waals surface area (Å²) < 4.78 is 0. The van der Waals surface area contributed by atoms with Crippen LogP contribution in [-0.2, 0) is 6.42 Å². The van der Waals surface area contributed by atoms with Gasteiger partial charge in [0.2, 0.25) is 0 Å². The van der Waals surface area contributed by atoms with E-state index in [0.29, 0.717) is 0 Å². The maximum atomic E-state index is 5.76. The van der Waals surface area contributed by atoms with Gasteiger partial charge in [0.15, 0.2) is 0 Å². The monoisotopic (exact) mass is 177 g/mol. The maximum absolute atomic E-state index is 5.76. The van der Waals surface area contributed by atoms with Gasteiger partial charge in [-0.1, -0.05) is 37.6 Å². The van der Waals surface area contributed by atoms with E-state index in [2.05, 4.69) is 31.2 Å². The second-order valence-electron chi connectivity index (χ2n) is 3.63. The maximum Gasteiger partial charge on any atom is 0.0266 e. The van der Waals surface area contributed by atoms with E-state index in [4.69, 9.17) is 5.73 Å². The molecule has 0 radical (unpaired) electrons. The summed E-state index contributed by atoms with van der Waals surface area (Å²) in [7, 11) is 0. The molecule has 0 aliphatic carbocycles. The van der Waals surface area contributed by atoms with Gasteiger partial charge in [-0.25, -0.2) is 0 Å². The third-order valence-corrected chi connectivity index (χ3v) is 2.32. The van der Waals surface area contributed by atoms with Crippen molar-refractivity contribution in [2.45, 2.75) is 39.2 Å². The van der Waals surface area contributed by atoms with E-state index >= 15 is 0 Å². The normalized spacial score (nSPS) is 12.8. The number of rotatable bonds is 4. The number of benzene rings is 1. The van der Waals surface area contributed by atoms with Gasteiger partial charge < -0.3 is 5.73 Å². The molecular weight excluding hydrogens is 158 g/mol. The molecule has 0 spiro atoms. The summed E-state index contributed by atoms with van der Waals surface area (Å²) in [5, 5.41) is 0. The van der Waals surface area contributed by atoms with Crippen molar-refractivity contribution < 1.29 is 0 Å². The molecule has 1 rings (SSSR count). The van der Waals surface area contributed by atoms with Crippen molar-refractivity contribution in [3.63, 3.8) is 0 Å². The Kier molecular flexibility index (Phi) is 3.97. The molecule has 1 aromatic carbocycles. The molecule has 0 heterocycles. The molecule has 1 heteroatoms. The second-order valence-corrected chi connectivity index (χ2v) is 3.63. The van der Waals surface area contributed by atoms with Gasteiger partial charge >= 0.3 is 0 Å². The van der Waals surface area contributed by atoms with Crippen LogP contribution < -0.4 is 5.73 Å². The summed E-state index contributed by atoms with van der Waals surface area (Å²) in [5.41, 5.74) is 8.41. The predicted octanol–water partition coefficient (Wildman–Crippen LogP) is 3.05. The van der Waals surface area contributed by atoms with Crippen molar-refractivity contribution in [1.29, 1.82) is 0 Å². The molecule has 1 aromatic rings. The highest BCUT2D eigenvalue weighted by Gasteiger charge is 1.98. The number of hydrogen-bond donors (Lipinski definition) is 1.